The molecule has 0 aliphatic rings. The van der Waals surface area contributed by atoms with Crippen LogP contribution in [-0.2, 0) is 6.54 Å². The molecule has 0 saturated heterocycles. The smallest absolute Gasteiger partial charge is 0.0254 e. The summed E-state index contributed by atoms with van der Waals surface area (Å²) >= 11 is 0. The highest BCUT2D eigenvalue weighted by atomic mass is 14.9. The summed E-state index contributed by atoms with van der Waals surface area (Å²) in [5, 5.41) is 3.50. The van der Waals surface area contributed by atoms with Crippen LogP contribution in [0.2, 0.25) is 0 Å². The van der Waals surface area contributed by atoms with E-state index in [0.717, 1.165) is 6.54 Å². The molecule has 0 aromatic heterocycles. The minimum absolute atomic E-state index is 0.379. The summed E-state index contributed by atoms with van der Waals surface area (Å²) in [5.74, 6) is 0. The molecular formula is C16H21N. The molecule has 1 nitrogen and oxygen atoms in total. The fourth-order valence-electron chi connectivity index (χ4n) is 1.46. The van der Waals surface area contributed by atoms with Gasteiger partial charge in [0.05, 0.1) is 0 Å². The third kappa shape index (κ3) is 5.32. The average Bonchev–Trinajstić information content (AvgIpc) is 2.37. The standard InChI is InChI=1S/C16H21N/c1-4-5-7-10-14(2)15(3)17-13-16-11-8-6-9-12-16/h4-12,15,17H,1,13H2,2-3H3/b7-5-,14-10+/t15-/m0/s1. The van der Waals surface area contributed by atoms with Crippen molar-refractivity contribution < 1.29 is 0 Å². The van der Waals surface area contributed by atoms with Gasteiger partial charge in [-0.3, -0.25) is 0 Å². The van der Waals surface area contributed by atoms with Crippen LogP contribution in [0.15, 0.2) is 66.8 Å². The van der Waals surface area contributed by atoms with E-state index in [4.69, 9.17) is 0 Å². The zero-order valence-corrected chi connectivity index (χ0v) is 10.7. The van der Waals surface area contributed by atoms with Crippen molar-refractivity contribution in [2.75, 3.05) is 0 Å². The summed E-state index contributed by atoms with van der Waals surface area (Å²) in [4.78, 5) is 0. The molecule has 0 radical (unpaired) electrons. The lowest BCUT2D eigenvalue weighted by Crippen LogP contribution is -2.26. The monoisotopic (exact) mass is 227 g/mol. The minimum Gasteiger partial charge on any atom is -0.306 e. The first-order valence-corrected chi connectivity index (χ1v) is 5.97. The van der Waals surface area contributed by atoms with Gasteiger partial charge in [-0.2, -0.15) is 0 Å². The normalized spacial score (nSPS) is 13.9. The van der Waals surface area contributed by atoms with Crippen LogP contribution in [0.3, 0.4) is 0 Å². The van der Waals surface area contributed by atoms with Gasteiger partial charge in [0, 0.05) is 12.6 Å². The lowest BCUT2D eigenvalue weighted by molar-refractivity contribution is 0.608. The Morgan fingerprint density at radius 1 is 1.29 bits per heavy atom. The molecule has 0 aliphatic carbocycles. The highest BCUT2D eigenvalue weighted by Gasteiger charge is 2.02. The molecular weight excluding hydrogens is 206 g/mol. The molecule has 0 aliphatic heterocycles. The van der Waals surface area contributed by atoms with Crippen LogP contribution in [0.1, 0.15) is 19.4 Å². The second kappa shape index (κ2) is 7.64. The van der Waals surface area contributed by atoms with E-state index in [-0.39, 0.29) is 0 Å². The van der Waals surface area contributed by atoms with Crippen LogP contribution in [0, 0.1) is 0 Å². The first-order valence-electron chi connectivity index (χ1n) is 5.97. The predicted molar refractivity (Wildman–Crippen MR) is 75.8 cm³/mol. The van der Waals surface area contributed by atoms with Crippen molar-refractivity contribution in [2.45, 2.75) is 26.4 Å². The van der Waals surface area contributed by atoms with E-state index in [1.165, 1.54) is 11.1 Å². The Balaban J connectivity index is 2.44. The largest absolute Gasteiger partial charge is 0.306 e. The highest BCUT2D eigenvalue weighted by Crippen LogP contribution is 2.04. The topological polar surface area (TPSA) is 12.0 Å². The molecule has 17 heavy (non-hydrogen) atoms. The molecule has 0 unspecified atom stereocenters. The van der Waals surface area contributed by atoms with Crippen molar-refractivity contribution in [2.24, 2.45) is 0 Å². The minimum atomic E-state index is 0.379. The fraction of sp³-hybridized carbons (Fsp3) is 0.250. The Labute approximate surface area is 105 Å². The van der Waals surface area contributed by atoms with Gasteiger partial charge in [0.25, 0.3) is 0 Å². The Hall–Kier alpha value is -1.60. The molecule has 0 spiro atoms. The van der Waals surface area contributed by atoms with Gasteiger partial charge in [-0.1, -0.05) is 66.8 Å². The van der Waals surface area contributed by atoms with E-state index in [1.54, 1.807) is 6.08 Å². The summed E-state index contributed by atoms with van der Waals surface area (Å²) in [6, 6.07) is 10.8. The zero-order chi connectivity index (χ0) is 12.5. The van der Waals surface area contributed by atoms with Gasteiger partial charge in [-0.15, -0.1) is 0 Å². The maximum atomic E-state index is 3.65. The van der Waals surface area contributed by atoms with Gasteiger partial charge in [0.15, 0.2) is 0 Å². The maximum absolute atomic E-state index is 3.65. The second-order valence-corrected chi connectivity index (χ2v) is 4.12. The van der Waals surface area contributed by atoms with Crippen LogP contribution in [0.4, 0.5) is 0 Å². The van der Waals surface area contributed by atoms with E-state index < -0.39 is 0 Å². The first-order chi connectivity index (χ1) is 8.24. The van der Waals surface area contributed by atoms with Crippen LogP contribution in [0.25, 0.3) is 0 Å². The summed E-state index contributed by atoms with van der Waals surface area (Å²) < 4.78 is 0. The molecule has 1 rings (SSSR count). The summed E-state index contributed by atoms with van der Waals surface area (Å²) in [6.45, 7) is 8.86. The van der Waals surface area contributed by atoms with E-state index in [0.29, 0.717) is 6.04 Å². The third-order valence-electron chi connectivity index (χ3n) is 2.74. The lowest BCUT2D eigenvalue weighted by Gasteiger charge is -2.14. The molecule has 1 aromatic rings. The van der Waals surface area contributed by atoms with Crippen LogP contribution < -0.4 is 5.32 Å². The zero-order valence-electron chi connectivity index (χ0n) is 10.7. The summed E-state index contributed by atoms with van der Waals surface area (Å²) in [5.41, 5.74) is 2.63. The number of rotatable bonds is 6. The first kappa shape index (κ1) is 13.5. The fourth-order valence-corrected chi connectivity index (χ4v) is 1.46. The van der Waals surface area contributed by atoms with Crippen LogP contribution in [0.5, 0.6) is 0 Å². The highest BCUT2D eigenvalue weighted by molar-refractivity contribution is 5.19. The van der Waals surface area contributed by atoms with Gasteiger partial charge in [-0.05, 0) is 19.4 Å². The lowest BCUT2D eigenvalue weighted by atomic mass is 10.1. The quantitative estimate of drug-likeness (QED) is 0.728. The predicted octanol–water partition coefficient (Wildman–Crippen LogP) is 3.85. The van der Waals surface area contributed by atoms with Crippen molar-refractivity contribution in [3.05, 3.63) is 72.4 Å². The van der Waals surface area contributed by atoms with Gasteiger partial charge in [0.1, 0.15) is 0 Å². The van der Waals surface area contributed by atoms with Crippen molar-refractivity contribution >= 4 is 0 Å². The van der Waals surface area contributed by atoms with Crippen LogP contribution in [-0.4, -0.2) is 6.04 Å². The number of hydrogen-bond donors (Lipinski definition) is 1. The van der Waals surface area contributed by atoms with Gasteiger partial charge in [0.2, 0.25) is 0 Å². The number of hydrogen-bond acceptors (Lipinski definition) is 1. The van der Waals surface area contributed by atoms with E-state index in [1.807, 2.05) is 18.2 Å². The van der Waals surface area contributed by atoms with E-state index >= 15 is 0 Å². The number of nitrogens with one attached hydrogen (secondary N) is 1. The third-order valence-corrected chi connectivity index (χ3v) is 2.74. The molecule has 0 saturated carbocycles. The van der Waals surface area contributed by atoms with Crippen LogP contribution >= 0.6 is 0 Å². The average molecular weight is 227 g/mol. The van der Waals surface area contributed by atoms with E-state index in [9.17, 15) is 0 Å². The van der Waals surface area contributed by atoms with Gasteiger partial charge >= 0.3 is 0 Å². The summed E-state index contributed by atoms with van der Waals surface area (Å²) in [6.07, 6.45) is 7.85. The molecule has 0 bridgehead atoms. The van der Waals surface area contributed by atoms with Crippen molar-refractivity contribution in [3.8, 4) is 0 Å². The molecule has 0 fully saturated rings. The Bertz CT molecular complexity index is 387. The molecule has 0 heterocycles. The molecule has 1 atom stereocenters. The SMILES string of the molecule is C=C/C=C\C=C(/C)[C@H](C)NCc1ccccc1. The van der Waals surface area contributed by atoms with Gasteiger partial charge < -0.3 is 5.32 Å². The summed E-state index contributed by atoms with van der Waals surface area (Å²) in [7, 11) is 0. The molecule has 1 N–H and O–H groups in total. The number of benzene rings is 1. The Morgan fingerprint density at radius 3 is 2.65 bits per heavy atom. The molecule has 90 valence electrons. The van der Waals surface area contributed by atoms with Crippen molar-refractivity contribution in [3.63, 3.8) is 0 Å². The van der Waals surface area contributed by atoms with Crippen molar-refractivity contribution in [1.82, 2.24) is 5.32 Å². The molecule has 1 aromatic carbocycles. The Kier molecular flexibility index (Phi) is 6.05. The second-order valence-electron chi connectivity index (χ2n) is 4.12. The number of allylic oxidation sites excluding steroid dienone is 4. The molecule has 1 heteroatoms. The maximum Gasteiger partial charge on any atom is 0.0254 e. The van der Waals surface area contributed by atoms with Gasteiger partial charge in [-0.25, -0.2) is 0 Å². The van der Waals surface area contributed by atoms with Crippen molar-refractivity contribution in [1.29, 1.82) is 0 Å². The Morgan fingerprint density at radius 2 is 2.00 bits per heavy atom. The molecule has 0 amide bonds. The van der Waals surface area contributed by atoms with E-state index in [2.05, 4.69) is 56.1 Å².